The minimum Gasteiger partial charge on any atom is -0.358 e. The van der Waals surface area contributed by atoms with E-state index in [-0.39, 0.29) is 11.0 Å². The van der Waals surface area contributed by atoms with Crippen LogP contribution in [0.5, 0.6) is 0 Å². The second-order valence-electron chi connectivity index (χ2n) is 1.14. The lowest BCUT2D eigenvalue weighted by molar-refractivity contribution is -0.388. The van der Waals surface area contributed by atoms with Crippen LogP contribution in [-0.2, 0) is 0 Å². The quantitative estimate of drug-likeness (QED) is 0.462. The van der Waals surface area contributed by atoms with Crippen molar-refractivity contribution in [2.24, 2.45) is 0 Å². The van der Waals surface area contributed by atoms with Gasteiger partial charge in [0.25, 0.3) is 0 Å². The SMILES string of the molecule is O=[N+]([O-])c1nsnc1Cl. The van der Waals surface area contributed by atoms with Gasteiger partial charge in [-0.2, -0.15) is 0 Å². The van der Waals surface area contributed by atoms with Crippen LogP contribution in [0.4, 0.5) is 5.82 Å². The summed E-state index contributed by atoms with van der Waals surface area (Å²) in [6.45, 7) is 0. The molecule has 5 nitrogen and oxygen atoms in total. The maximum atomic E-state index is 9.91. The summed E-state index contributed by atoms with van der Waals surface area (Å²) in [5.74, 6) is -0.373. The molecule has 48 valence electrons. The van der Waals surface area contributed by atoms with Crippen molar-refractivity contribution in [1.29, 1.82) is 0 Å². The number of rotatable bonds is 1. The van der Waals surface area contributed by atoms with Crippen LogP contribution in [0, 0.1) is 10.1 Å². The standard InChI is InChI=1S/C2ClN3O2S/c3-1-2(6(7)8)5-9-4-1. The van der Waals surface area contributed by atoms with Gasteiger partial charge in [-0.15, -0.1) is 4.37 Å². The number of halogens is 1. The maximum absolute atomic E-state index is 9.91. The molecule has 0 fully saturated rings. The van der Waals surface area contributed by atoms with Crippen molar-refractivity contribution in [2.75, 3.05) is 0 Å². The van der Waals surface area contributed by atoms with E-state index in [0.717, 1.165) is 11.7 Å². The molecule has 0 radical (unpaired) electrons. The van der Waals surface area contributed by atoms with E-state index in [1.54, 1.807) is 0 Å². The summed E-state index contributed by atoms with van der Waals surface area (Å²) in [5, 5.41) is 9.76. The monoisotopic (exact) mass is 165 g/mol. The Hall–Kier alpha value is -0.750. The van der Waals surface area contributed by atoms with Gasteiger partial charge in [-0.25, -0.2) is 0 Å². The largest absolute Gasteiger partial charge is 0.418 e. The van der Waals surface area contributed by atoms with Crippen LogP contribution in [0.1, 0.15) is 0 Å². The van der Waals surface area contributed by atoms with Crippen molar-refractivity contribution in [2.45, 2.75) is 0 Å². The van der Waals surface area contributed by atoms with Crippen molar-refractivity contribution < 1.29 is 4.92 Å². The summed E-state index contributed by atoms with van der Waals surface area (Å²) in [6.07, 6.45) is 0. The second kappa shape index (κ2) is 2.24. The van der Waals surface area contributed by atoms with E-state index in [2.05, 4.69) is 8.75 Å². The minimum absolute atomic E-state index is 0.148. The van der Waals surface area contributed by atoms with Crippen LogP contribution in [0.2, 0.25) is 5.15 Å². The van der Waals surface area contributed by atoms with Crippen molar-refractivity contribution in [3.05, 3.63) is 15.3 Å². The zero-order valence-electron chi connectivity index (χ0n) is 3.94. The zero-order chi connectivity index (χ0) is 6.85. The average Bonchev–Trinajstić information content (AvgIpc) is 2.13. The number of aromatic nitrogens is 2. The van der Waals surface area contributed by atoms with Gasteiger partial charge in [0.1, 0.15) is 0 Å². The van der Waals surface area contributed by atoms with Gasteiger partial charge in [0.15, 0.2) is 0 Å². The first kappa shape index (κ1) is 6.37. The Morgan fingerprint density at radius 3 is 2.56 bits per heavy atom. The van der Waals surface area contributed by atoms with Crippen LogP contribution >= 0.6 is 23.3 Å². The van der Waals surface area contributed by atoms with Crippen molar-refractivity contribution >= 4 is 29.1 Å². The van der Waals surface area contributed by atoms with E-state index < -0.39 is 4.92 Å². The van der Waals surface area contributed by atoms with Crippen molar-refractivity contribution in [1.82, 2.24) is 8.75 Å². The van der Waals surface area contributed by atoms with Gasteiger partial charge in [-0.1, -0.05) is 11.6 Å². The van der Waals surface area contributed by atoms with Gasteiger partial charge in [-0.05, 0) is 4.92 Å². The molecular formula is C2ClN3O2S. The van der Waals surface area contributed by atoms with Crippen molar-refractivity contribution in [3.63, 3.8) is 0 Å². The smallest absolute Gasteiger partial charge is 0.358 e. The molecule has 0 aliphatic rings. The molecular weight excluding hydrogens is 166 g/mol. The minimum atomic E-state index is -0.675. The maximum Gasteiger partial charge on any atom is 0.418 e. The van der Waals surface area contributed by atoms with Crippen molar-refractivity contribution in [3.8, 4) is 0 Å². The number of hydrogen-bond acceptors (Lipinski definition) is 5. The molecule has 0 saturated heterocycles. The molecule has 0 aromatic carbocycles. The van der Waals surface area contributed by atoms with Crippen LogP contribution in [0.15, 0.2) is 0 Å². The van der Waals surface area contributed by atoms with E-state index >= 15 is 0 Å². The molecule has 1 aromatic heterocycles. The number of hydrogen-bond donors (Lipinski definition) is 0. The molecule has 0 unspecified atom stereocenters. The Morgan fingerprint density at radius 2 is 2.33 bits per heavy atom. The molecule has 9 heavy (non-hydrogen) atoms. The van der Waals surface area contributed by atoms with Crippen LogP contribution in [0.3, 0.4) is 0 Å². The summed E-state index contributed by atoms with van der Waals surface area (Å²) in [5.41, 5.74) is 0. The predicted octanol–water partition coefficient (Wildman–Crippen LogP) is 1.10. The molecule has 1 aromatic rings. The highest BCUT2D eigenvalue weighted by Gasteiger charge is 2.16. The van der Waals surface area contributed by atoms with E-state index in [0.29, 0.717) is 0 Å². The third kappa shape index (κ3) is 1.14. The average molecular weight is 166 g/mol. The lowest BCUT2D eigenvalue weighted by atomic mass is 10.8. The van der Waals surface area contributed by atoms with E-state index in [9.17, 15) is 10.1 Å². The lowest BCUT2D eigenvalue weighted by Crippen LogP contribution is -1.86. The molecule has 0 N–H and O–H groups in total. The Balaban J connectivity index is 3.08. The molecule has 1 heterocycles. The fourth-order valence-corrected chi connectivity index (χ4v) is 0.961. The van der Waals surface area contributed by atoms with Gasteiger partial charge in [-0.3, -0.25) is 0 Å². The molecule has 0 amide bonds. The fourth-order valence-electron chi connectivity index (χ4n) is 0.282. The molecule has 0 spiro atoms. The van der Waals surface area contributed by atoms with E-state index in [1.807, 2.05) is 0 Å². The van der Waals surface area contributed by atoms with Crippen LogP contribution in [0.25, 0.3) is 0 Å². The van der Waals surface area contributed by atoms with Gasteiger partial charge in [0.2, 0.25) is 16.9 Å². The summed E-state index contributed by atoms with van der Waals surface area (Å²) in [7, 11) is 0. The first-order chi connectivity index (χ1) is 4.22. The highest BCUT2D eigenvalue weighted by molar-refractivity contribution is 6.99. The van der Waals surface area contributed by atoms with Gasteiger partial charge in [0.05, 0.1) is 4.37 Å². The van der Waals surface area contributed by atoms with Gasteiger partial charge >= 0.3 is 5.82 Å². The summed E-state index contributed by atoms with van der Waals surface area (Å²) in [4.78, 5) is 9.23. The predicted molar refractivity (Wildman–Crippen MR) is 31.6 cm³/mol. The molecule has 7 heteroatoms. The molecule has 1 rings (SSSR count). The molecule has 0 saturated carbocycles. The highest BCUT2D eigenvalue weighted by Crippen LogP contribution is 2.19. The first-order valence-electron chi connectivity index (χ1n) is 1.84. The van der Waals surface area contributed by atoms with Crippen LogP contribution in [-0.4, -0.2) is 13.7 Å². The number of nitro groups is 1. The van der Waals surface area contributed by atoms with Gasteiger partial charge < -0.3 is 10.1 Å². The number of nitrogens with zero attached hydrogens (tertiary/aromatic N) is 3. The fraction of sp³-hybridized carbons (Fsp3) is 0. The zero-order valence-corrected chi connectivity index (χ0v) is 5.52. The lowest BCUT2D eigenvalue weighted by Gasteiger charge is -1.82. The third-order valence-corrected chi connectivity index (χ3v) is 1.48. The summed E-state index contributed by atoms with van der Waals surface area (Å²) in [6, 6.07) is 0. The third-order valence-electron chi connectivity index (χ3n) is 0.606. The van der Waals surface area contributed by atoms with E-state index in [4.69, 9.17) is 11.6 Å². The summed E-state index contributed by atoms with van der Waals surface area (Å²) < 4.78 is 6.71. The Morgan fingerprint density at radius 1 is 1.67 bits per heavy atom. The summed E-state index contributed by atoms with van der Waals surface area (Å²) >= 11 is 5.95. The van der Waals surface area contributed by atoms with E-state index in [1.165, 1.54) is 0 Å². The van der Waals surface area contributed by atoms with Gasteiger partial charge in [0, 0.05) is 0 Å². The first-order valence-corrected chi connectivity index (χ1v) is 2.95. The Kier molecular flexibility index (Phi) is 1.58. The molecule has 0 atom stereocenters. The second-order valence-corrected chi connectivity index (χ2v) is 2.02. The Labute approximate surface area is 58.7 Å². The molecule has 0 aliphatic carbocycles. The topological polar surface area (TPSA) is 68.9 Å². The highest BCUT2D eigenvalue weighted by atomic mass is 35.5. The molecule has 0 bridgehead atoms. The normalized spacial score (nSPS) is 9.44. The Bertz CT molecular complexity index is 235. The molecule has 0 aliphatic heterocycles. The van der Waals surface area contributed by atoms with Crippen LogP contribution < -0.4 is 0 Å².